The van der Waals surface area contributed by atoms with Gasteiger partial charge in [-0.15, -0.1) is 12.5 Å². The van der Waals surface area contributed by atoms with Crippen LogP contribution in [0.25, 0.3) is 0 Å². The van der Waals surface area contributed by atoms with Crippen LogP contribution in [0.2, 0.25) is 0 Å². The zero-order valence-corrected chi connectivity index (χ0v) is 16.9. The van der Waals surface area contributed by atoms with Crippen molar-refractivity contribution in [3.05, 3.63) is 54.6 Å². The fourth-order valence-electron chi connectivity index (χ4n) is 3.15. The largest absolute Gasteiger partial charge is 0.489 e. The number of benzene rings is 1. The zero-order valence-electron chi connectivity index (χ0n) is 16.9. The van der Waals surface area contributed by atoms with Gasteiger partial charge in [-0.05, 0) is 50.7 Å². The fourth-order valence-corrected chi connectivity index (χ4v) is 3.15. The van der Waals surface area contributed by atoms with Crippen LogP contribution in [0.3, 0.4) is 0 Å². The van der Waals surface area contributed by atoms with E-state index in [-0.39, 0.29) is 12.4 Å². The smallest absolute Gasteiger partial charge is 0.157 e. The van der Waals surface area contributed by atoms with Crippen molar-refractivity contribution in [2.45, 2.75) is 63.9 Å². The maximum Gasteiger partial charge on any atom is 0.157 e. The normalized spacial score (nSPS) is 18.4. The molecule has 1 aliphatic heterocycles. The molecular formula is C24H32O4. The van der Waals surface area contributed by atoms with Crippen LogP contribution in [0.15, 0.2) is 43.5 Å². The minimum atomic E-state index is -0.861. The first-order valence-corrected chi connectivity index (χ1v) is 10.1. The Morgan fingerprint density at radius 1 is 1.32 bits per heavy atom. The fraction of sp³-hybridized carbons (Fsp3) is 0.500. The van der Waals surface area contributed by atoms with E-state index in [1.807, 2.05) is 25.1 Å². The molecule has 0 aliphatic carbocycles. The Bertz CT molecular complexity index is 680. The van der Waals surface area contributed by atoms with Crippen molar-refractivity contribution in [3.8, 4) is 17.6 Å². The number of hydrogen-bond donors (Lipinski definition) is 1. The Kier molecular flexibility index (Phi) is 9.85. The van der Waals surface area contributed by atoms with Gasteiger partial charge in [-0.2, -0.15) is 0 Å². The molecule has 1 heterocycles. The molecule has 1 aromatic rings. The van der Waals surface area contributed by atoms with E-state index in [9.17, 15) is 5.11 Å². The van der Waals surface area contributed by atoms with Crippen molar-refractivity contribution < 1.29 is 19.3 Å². The van der Waals surface area contributed by atoms with E-state index in [1.54, 1.807) is 12.2 Å². The van der Waals surface area contributed by atoms with Crippen molar-refractivity contribution in [2.24, 2.45) is 0 Å². The average molecular weight is 385 g/mol. The molecule has 0 spiro atoms. The first-order chi connectivity index (χ1) is 13.7. The molecule has 2 rings (SSSR count). The molecule has 1 aromatic carbocycles. The van der Waals surface area contributed by atoms with Gasteiger partial charge in [-0.1, -0.05) is 36.8 Å². The molecule has 4 heteroatoms. The second kappa shape index (κ2) is 12.4. The quantitative estimate of drug-likeness (QED) is 0.468. The van der Waals surface area contributed by atoms with Gasteiger partial charge in [0.1, 0.15) is 18.5 Å². The van der Waals surface area contributed by atoms with Crippen molar-refractivity contribution >= 4 is 0 Å². The highest BCUT2D eigenvalue weighted by Gasteiger charge is 2.17. The van der Waals surface area contributed by atoms with Crippen LogP contribution in [0.5, 0.6) is 5.75 Å². The molecule has 0 amide bonds. The summed E-state index contributed by atoms with van der Waals surface area (Å²) in [5.74, 6) is 6.76. The van der Waals surface area contributed by atoms with E-state index in [0.29, 0.717) is 19.4 Å². The van der Waals surface area contributed by atoms with E-state index < -0.39 is 6.10 Å². The molecule has 0 radical (unpaired) electrons. The Balaban J connectivity index is 1.92. The summed E-state index contributed by atoms with van der Waals surface area (Å²) in [6, 6.07) is 5.63. The summed E-state index contributed by atoms with van der Waals surface area (Å²) >= 11 is 0. The molecule has 0 aromatic heterocycles. The lowest BCUT2D eigenvalue weighted by molar-refractivity contribution is -0.185. The zero-order chi connectivity index (χ0) is 20.2. The van der Waals surface area contributed by atoms with Gasteiger partial charge in [-0.25, -0.2) is 0 Å². The molecule has 1 fully saturated rings. The van der Waals surface area contributed by atoms with Crippen LogP contribution in [0.1, 0.15) is 56.3 Å². The Morgan fingerprint density at radius 2 is 2.18 bits per heavy atom. The highest BCUT2D eigenvalue weighted by molar-refractivity contribution is 5.44. The van der Waals surface area contributed by atoms with Crippen molar-refractivity contribution in [1.82, 2.24) is 0 Å². The molecule has 1 saturated heterocycles. The monoisotopic (exact) mass is 384 g/mol. The predicted molar refractivity (Wildman–Crippen MR) is 112 cm³/mol. The van der Waals surface area contributed by atoms with Gasteiger partial charge in [0.2, 0.25) is 0 Å². The molecule has 152 valence electrons. The van der Waals surface area contributed by atoms with Crippen LogP contribution in [0.4, 0.5) is 0 Å². The average Bonchev–Trinajstić information content (AvgIpc) is 2.71. The number of ether oxygens (including phenoxy) is 3. The maximum absolute atomic E-state index is 10.6. The highest BCUT2D eigenvalue weighted by Crippen LogP contribution is 2.28. The Hall–Kier alpha value is -2.06. The Labute approximate surface area is 169 Å². The molecule has 28 heavy (non-hydrogen) atoms. The summed E-state index contributed by atoms with van der Waals surface area (Å²) in [5.41, 5.74) is 1.67. The summed E-state index contributed by atoms with van der Waals surface area (Å²) in [6.07, 6.45) is 7.95. The summed E-state index contributed by atoms with van der Waals surface area (Å²) in [7, 11) is 0. The number of aliphatic hydroxyl groups is 1. The minimum absolute atomic E-state index is 0.0814. The molecule has 1 aliphatic rings. The minimum Gasteiger partial charge on any atom is -0.489 e. The van der Waals surface area contributed by atoms with Gasteiger partial charge < -0.3 is 19.3 Å². The molecule has 4 nitrogen and oxygen atoms in total. The summed E-state index contributed by atoms with van der Waals surface area (Å²) in [4.78, 5) is 0. The summed E-state index contributed by atoms with van der Waals surface area (Å²) in [6.45, 7) is 10.7. The number of hydrogen-bond acceptors (Lipinski definition) is 4. The van der Waals surface area contributed by atoms with Crippen LogP contribution >= 0.6 is 0 Å². The van der Waals surface area contributed by atoms with Crippen molar-refractivity contribution in [3.63, 3.8) is 0 Å². The SMILES string of the molecule is C=CCOc1cccc(C(O)C#CCCC(C)OC2CCCCO2)c1CC=C. The molecule has 0 bridgehead atoms. The van der Waals surface area contributed by atoms with Crippen molar-refractivity contribution in [2.75, 3.05) is 13.2 Å². The van der Waals surface area contributed by atoms with Gasteiger partial charge in [-0.3, -0.25) is 0 Å². The van der Waals surface area contributed by atoms with Gasteiger partial charge in [0.15, 0.2) is 6.29 Å². The van der Waals surface area contributed by atoms with Crippen LogP contribution < -0.4 is 4.74 Å². The number of rotatable bonds is 10. The van der Waals surface area contributed by atoms with Crippen LogP contribution in [0, 0.1) is 11.8 Å². The molecule has 3 atom stereocenters. The third-order valence-electron chi connectivity index (χ3n) is 4.61. The van der Waals surface area contributed by atoms with Gasteiger partial charge in [0.25, 0.3) is 0 Å². The second-order valence-electron chi connectivity index (χ2n) is 6.92. The second-order valence-corrected chi connectivity index (χ2v) is 6.92. The number of aliphatic hydroxyl groups excluding tert-OH is 1. The molecule has 3 unspecified atom stereocenters. The number of allylic oxidation sites excluding steroid dienone is 1. The summed E-state index contributed by atoms with van der Waals surface area (Å²) in [5, 5.41) is 10.6. The van der Waals surface area contributed by atoms with E-state index in [0.717, 1.165) is 49.2 Å². The van der Waals surface area contributed by atoms with Crippen LogP contribution in [-0.2, 0) is 15.9 Å². The first kappa shape index (κ1) is 22.2. The van der Waals surface area contributed by atoms with Gasteiger partial charge in [0, 0.05) is 18.6 Å². The standard InChI is InChI=1S/C24H32O4/c1-4-11-21-20(13-10-15-23(21)26-17-5-2)22(25)14-7-6-12-19(3)28-24-16-8-9-18-27-24/h4-5,10,13,15,19,22,24-25H,1-2,6,8-9,11-12,16-18H2,3H3. The molecule has 1 N–H and O–H groups in total. The highest BCUT2D eigenvalue weighted by atomic mass is 16.7. The van der Waals surface area contributed by atoms with E-state index >= 15 is 0 Å². The third kappa shape index (κ3) is 7.16. The summed E-state index contributed by atoms with van der Waals surface area (Å²) < 4.78 is 17.2. The van der Waals surface area contributed by atoms with E-state index in [2.05, 4.69) is 25.0 Å². The first-order valence-electron chi connectivity index (χ1n) is 10.1. The maximum atomic E-state index is 10.6. The van der Waals surface area contributed by atoms with Gasteiger partial charge >= 0.3 is 0 Å². The predicted octanol–water partition coefficient (Wildman–Crippen LogP) is 4.73. The lowest BCUT2D eigenvalue weighted by Crippen LogP contribution is -2.26. The molecular weight excluding hydrogens is 352 g/mol. The lowest BCUT2D eigenvalue weighted by atomic mass is 9.98. The van der Waals surface area contributed by atoms with Gasteiger partial charge in [0.05, 0.1) is 6.10 Å². The topological polar surface area (TPSA) is 47.9 Å². The third-order valence-corrected chi connectivity index (χ3v) is 4.61. The lowest BCUT2D eigenvalue weighted by Gasteiger charge is -2.25. The van der Waals surface area contributed by atoms with E-state index in [4.69, 9.17) is 14.2 Å². The van der Waals surface area contributed by atoms with Crippen molar-refractivity contribution in [1.29, 1.82) is 0 Å². The van der Waals surface area contributed by atoms with Crippen LogP contribution in [-0.4, -0.2) is 30.7 Å². The van der Waals surface area contributed by atoms with E-state index in [1.165, 1.54) is 0 Å². The Morgan fingerprint density at radius 3 is 2.89 bits per heavy atom. The molecule has 0 saturated carbocycles.